The molecule has 1 aliphatic rings. The van der Waals surface area contributed by atoms with Crippen molar-refractivity contribution in [2.75, 3.05) is 36.8 Å². The van der Waals surface area contributed by atoms with Crippen LogP contribution in [-0.4, -0.2) is 41.3 Å². The van der Waals surface area contributed by atoms with Crippen molar-refractivity contribution < 1.29 is 5.11 Å². The van der Waals surface area contributed by atoms with Gasteiger partial charge in [0.25, 0.3) is 0 Å². The molecule has 0 aliphatic carbocycles. The van der Waals surface area contributed by atoms with E-state index in [-0.39, 0.29) is 11.6 Å². The van der Waals surface area contributed by atoms with Gasteiger partial charge in [-0.05, 0) is 0 Å². The van der Waals surface area contributed by atoms with Crippen molar-refractivity contribution in [3.05, 3.63) is 6.20 Å². The molecule has 0 radical (unpaired) electrons. The van der Waals surface area contributed by atoms with Gasteiger partial charge in [-0.25, -0.2) is 4.98 Å². The Hall–Kier alpha value is -1.56. The first-order valence-corrected chi connectivity index (χ1v) is 4.54. The molecule has 0 bridgehead atoms. The molecule has 0 amide bonds. The van der Waals surface area contributed by atoms with E-state index in [4.69, 9.17) is 5.73 Å². The molecule has 6 heteroatoms. The minimum absolute atomic E-state index is 0.145. The van der Waals surface area contributed by atoms with Crippen LogP contribution in [0, 0.1) is 0 Å². The zero-order valence-corrected chi connectivity index (χ0v) is 7.77. The zero-order valence-electron chi connectivity index (χ0n) is 7.77. The molecule has 2 rings (SSSR count). The van der Waals surface area contributed by atoms with Gasteiger partial charge in [0.05, 0.1) is 6.20 Å². The highest BCUT2D eigenvalue weighted by atomic mass is 16.3. The van der Waals surface area contributed by atoms with Crippen LogP contribution < -0.4 is 16.0 Å². The summed E-state index contributed by atoms with van der Waals surface area (Å²) in [6.45, 7) is 3.52. The van der Waals surface area contributed by atoms with E-state index < -0.39 is 0 Å². The van der Waals surface area contributed by atoms with Gasteiger partial charge in [-0.2, -0.15) is 4.98 Å². The lowest BCUT2D eigenvalue weighted by Gasteiger charge is -2.27. The van der Waals surface area contributed by atoms with E-state index in [1.54, 1.807) is 0 Å². The van der Waals surface area contributed by atoms with Gasteiger partial charge < -0.3 is 21.1 Å². The largest absolute Gasteiger partial charge is 0.492 e. The van der Waals surface area contributed by atoms with Crippen molar-refractivity contribution in [1.82, 2.24) is 15.3 Å². The van der Waals surface area contributed by atoms with E-state index in [9.17, 15) is 5.11 Å². The van der Waals surface area contributed by atoms with Crippen LogP contribution in [0.1, 0.15) is 0 Å². The quantitative estimate of drug-likeness (QED) is 0.542. The molecule has 1 aromatic heterocycles. The molecule has 1 saturated heterocycles. The molecule has 2 heterocycles. The highest BCUT2D eigenvalue weighted by Crippen LogP contribution is 2.18. The molecule has 0 unspecified atom stereocenters. The zero-order chi connectivity index (χ0) is 9.97. The summed E-state index contributed by atoms with van der Waals surface area (Å²) < 4.78 is 0. The number of nitrogens with zero attached hydrogens (tertiary/aromatic N) is 3. The Balaban J connectivity index is 2.18. The molecular weight excluding hydrogens is 182 g/mol. The first kappa shape index (κ1) is 9.01. The third kappa shape index (κ3) is 1.69. The van der Waals surface area contributed by atoms with Crippen LogP contribution in [0.3, 0.4) is 0 Å². The van der Waals surface area contributed by atoms with E-state index in [2.05, 4.69) is 15.3 Å². The van der Waals surface area contributed by atoms with Crippen LogP contribution in [0.5, 0.6) is 5.88 Å². The molecule has 0 saturated carbocycles. The number of aromatic nitrogens is 2. The highest BCUT2D eigenvalue weighted by molar-refractivity contribution is 5.48. The van der Waals surface area contributed by atoms with Gasteiger partial charge in [0.2, 0.25) is 11.8 Å². The SMILES string of the molecule is Nc1cnc(N2CCNCC2)nc1O. The lowest BCUT2D eigenvalue weighted by atomic mass is 10.4. The van der Waals surface area contributed by atoms with E-state index in [1.165, 1.54) is 6.20 Å². The summed E-state index contributed by atoms with van der Waals surface area (Å²) in [5.74, 6) is 0.395. The molecule has 1 fully saturated rings. The molecule has 1 aromatic rings. The van der Waals surface area contributed by atoms with E-state index in [1.807, 2.05) is 4.90 Å². The van der Waals surface area contributed by atoms with Crippen LogP contribution in [0.2, 0.25) is 0 Å². The molecule has 1 aliphatic heterocycles. The first-order chi connectivity index (χ1) is 6.77. The number of piperazine rings is 1. The van der Waals surface area contributed by atoms with Gasteiger partial charge in [-0.1, -0.05) is 0 Å². The summed E-state index contributed by atoms with van der Waals surface area (Å²) >= 11 is 0. The Kier molecular flexibility index (Phi) is 2.36. The second kappa shape index (κ2) is 3.67. The smallest absolute Gasteiger partial charge is 0.239 e. The normalized spacial score (nSPS) is 17.0. The number of rotatable bonds is 1. The average molecular weight is 195 g/mol. The lowest BCUT2D eigenvalue weighted by Crippen LogP contribution is -2.44. The maximum atomic E-state index is 9.31. The third-order valence-corrected chi connectivity index (χ3v) is 2.18. The maximum absolute atomic E-state index is 9.31. The standard InChI is InChI=1S/C8H13N5O/c9-6-5-11-8(12-7(6)14)13-3-1-10-2-4-13/h5,10H,1-4,9H2,(H,11,12,14). The van der Waals surface area contributed by atoms with Gasteiger partial charge in [0.15, 0.2) is 0 Å². The Morgan fingerprint density at radius 2 is 2.14 bits per heavy atom. The molecule has 14 heavy (non-hydrogen) atoms. The van der Waals surface area contributed by atoms with Crippen molar-refractivity contribution >= 4 is 11.6 Å². The van der Waals surface area contributed by atoms with Crippen LogP contribution in [0.15, 0.2) is 6.20 Å². The Bertz CT molecular complexity index is 324. The maximum Gasteiger partial charge on any atom is 0.239 e. The fourth-order valence-electron chi connectivity index (χ4n) is 1.39. The topological polar surface area (TPSA) is 87.3 Å². The summed E-state index contributed by atoms with van der Waals surface area (Å²) in [5.41, 5.74) is 5.62. The number of aromatic hydroxyl groups is 1. The molecular formula is C8H13N5O. The molecule has 0 atom stereocenters. The van der Waals surface area contributed by atoms with Gasteiger partial charge in [-0.3, -0.25) is 0 Å². The highest BCUT2D eigenvalue weighted by Gasteiger charge is 2.13. The third-order valence-electron chi connectivity index (χ3n) is 2.18. The van der Waals surface area contributed by atoms with E-state index in [0.717, 1.165) is 26.2 Å². The molecule has 4 N–H and O–H groups in total. The molecule has 0 spiro atoms. The van der Waals surface area contributed by atoms with Crippen LogP contribution in [0.25, 0.3) is 0 Å². The van der Waals surface area contributed by atoms with Gasteiger partial charge in [0.1, 0.15) is 5.69 Å². The van der Waals surface area contributed by atoms with Crippen molar-refractivity contribution in [3.63, 3.8) is 0 Å². The molecule has 76 valence electrons. The Morgan fingerprint density at radius 1 is 1.43 bits per heavy atom. The fourth-order valence-corrected chi connectivity index (χ4v) is 1.39. The van der Waals surface area contributed by atoms with Crippen molar-refractivity contribution in [1.29, 1.82) is 0 Å². The number of anilines is 2. The Labute approximate surface area is 81.8 Å². The van der Waals surface area contributed by atoms with Crippen molar-refractivity contribution in [3.8, 4) is 5.88 Å². The van der Waals surface area contributed by atoms with E-state index in [0.29, 0.717) is 5.95 Å². The number of nitrogens with two attached hydrogens (primary N) is 1. The number of hydrogen-bond acceptors (Lipinski definition) is 6. The summed E-state index contributed by atoms with van der Waals surface area (Å²) in [4.78, 5) is 9.99. The Morgan fingerprint density at radius 3 is 2.79 bits per heavy atom. The minimum atomic E-state index is -0.145. The van der Waals surface area contributed by atoms with Gasteiger partial charge in [-0.15, -0.1) is 0 Å². The lowest BCUT2D eigenvalue weighted by molar-refractivity contribution is 0.453. The van der Waals surface area contributed by atoms with Crippen LogP contribution in [0.4, 0.5) is 11.6 Å². The number of hydrogen-bond donors (Lipinski definition) is 3. The second-order valence-electron chi connectivity index (χ2n) is 3.19. The predicted molar refractivity (Wildman–Crippen MR) is 53.2 cm³/mol. The van der Waals surface area contributed by atoms with Crippen molar-refractivity contribution in [2.45, 2.75) is 0 Å². The van der Waals surface area contributed by atoms with Gasteiger partial charge in [0, 0.05) is 26.2 Å². The second-order valence-corrected chi connectivity index (χ2v) is 3.19. The summed E-state index contributed by atoms with van der Waals surface area (Å²) in [7, 11) is 0. The van der Waals surface area contributed by atoms with Crippen LogP contribution >= 0.6 is 0 Å². The summed E-state index contributed by atoms with van der Waals surface area (Å²) in [6, 6.07) is 0. The van der Waals surface area contributed by atoms with E-state index >= 15 is 0 Å². The monoisotopic (exact) mass is 195 g/mol. The summed E-state index contributed by atoms with van der Waals surface area (Å²) in [6.07, 6.45) is 1.43. The minimum Gasteiger partial charge on any atom is -0.492 e. The predicted octanol–water partition coefficient (Wildman–Crippen LogP) is -0.826. The average Bonchev–Trinajstić information content (AvgIpc) is 2.23. The number of nitrogens with one attached hydrogen (secondary N) is 1. The first-order valence-electron chi connectivity index (χ1n) is 4.54. The fraction of sp³-hybridized carbons (Fsp3) is 0.500. The summed E-state index contributed by atoms with van der Waals surface area (Å²) in [5, 5.41) is 12.5. The van der Waals surface area contributed by atoms with Crippen LogP contribution in [-0.2, 0) is 0 Å². The van der Waals surface area contributed by atoms with Crippen molar-refractivity contribution in [2.24, 2.45) is 0 Å². The molecule has 6 nitrogen and oxygen atoms in total. The molecule has 0 aromatic carbocycles. The van der Waals surface area contributed by atoms with Gasteiger partial charge >= 0.3 is 0 Å². The number of nitrogen functional groups attached to an aromatic ring is 1.